The average molecular weight is 288 g/mol. The number of hydrogen-bond acceptors (Lipinski definition) is 3. The fraction of sp³-hybridized carbons (Fsp3) is 0.588. The van der Waals surface area contributed by atoms with Gasteiger partial charge >= 0.3 is 0 Å². The second-order valence-corrected chi connectivity index (χ2v) is 6.04. The molecule has 2 aliphatic heterocycles. The zero-order valence-corrected chi connectivity index (χ0v) is 12.7. The van der Waals surface area contributed by atoms with Gasteiger partial charge in [0, 0.05) is 13.1 Å². The van der Waals surface area contributed by atoms with Gasteiger partial charge in [0.1, 0.15) is 6.10 Å². The van der Waals surface area contributed by atoms with Crippen LogP contribution in [0.5, 0.6) is 0 Å². The number of carbonyl (C=O) groups excluding carboxylic acids is 1. The number of piperidine rings is 1. The largest absolute Gasteiger partial charge is 0.370 e. The molecule has 0 bridgehead atoms. The Labute approximate surface area is 126 Å². The van der Waals surface area contributed by atoms with E-state index in [1.165, 1.54) is 11.1 Å². The van der Waals surface area contributed by atoms with Crippen LogP contribution in [0.4, 0.5) is 0 Å². The molecule has 3 rings (SSSR count). The van der Waals surface area contributed by atoms with Crippen molar-refractivity contribution in [3.05, 3.63) is 35.4 Å². The molecule has 0 spiro atoms. The molecule has 4 nitrogen and oxygen atoms in total. The van der Waals surface area contributed by atoms with Crippen molar-refractivity contribution in [1.29, 1.82) is 0 Å². The Morgan fingerprint density at radius 3 is 3.00 bits per heavy atom. The number of nitrogens with zero attached hydrogens (tertiary/aromatic N) is 1. The van der Waals surface area contributed by atoms with Gasteiger partial charge in [0.25, 0.3) is 0 Å². The van der Waals surface area contributed by atoms with E-state index in [4.69, 9.17) is 4.74 Å². The number of nitrogens with one attached hydrogen (secondary N) is 1. The molecule has 0 unspecified atom stereocenters. The van der Waals surface area contributed by atoms with E-state index >= 15 is 0 Å². The molecule has 1 amide bonds. The Morgan fingerprint density at radius 1 is 1.38 bits per heavy atom. The molecule has 0 aliphatic carbocycles. The highest BCUT2D eigenvalue weighted by atomic mass is 16.5. The van der Waals surface area contributed by atoms with Crippen molar-refractivity contribution in [2.75, 3.05) is 32.8 Å². The molecule has 0 aromatic heterocycles. The Hall–Kier alpha value is -1.39. The lowest BCUT2D eigenvalue weighted by atomic mass is 9.96. The Bertz CT molecular complexity index is 497. The minimum atomic E-state index is 0.0143. The lowest BCUT2D eigenvalue weighted by Crippen LogP contribution is -2.48. The standard InChI is InChI=1S/C17H24N2O2/c1-13-5-2-3-7-15(13)16-12-19(9-10-21-16)17(20)14-6-4-8-18-11-14/h2-3,5,7,14,16,18H,4,6,8-12H2,1H3/t14-,16-/m1/s1. The number of carbonyl (C=O) groups is 1. The van der Waals surface area contributed by atoms with Crippen LogP contribution in [0.15, 0.2) is 24.3 Å². The maximum absolute atomic E-state index is 12.6. The van der Waals surface area contributed by atoms with Gasteiger partial charge in [0.15, 0.2) is 0 Å². The van der Waals surface area contributed by atoms with Crippen molar-refractivity contribution < 1.29 is 9.53 Å². The van der Waals surface area contributed by atoms with Gasteiger partial charge in [-0.3, -0.25) is 4.79 Å². The monoisotopic (exact) mass is 288 g/mol. The van der Waals surface area contributed by atoms with E-state index in [2.05, 4.69) is 24.4 Å². The maximum Gasteiger partial charge on any atom is 0.227 e. The summed E-state index contributed by atoms with van der Waals surface area (Å²) in [6, 6.07) is 8.29. The van der Waals surface area contributed by atoms with E-state index in [0.29, 0.717) is 19.1 Å². The molecule has 1 aromatic carbocycles. The summed E-state index contributed by atoms with van der Waals surface area (Å²) in [6.07, 6.45) is 2.13. The van der Waals surface area contributed by atoms with E-state index in [-0.39, 0.29) is 12.0 Å². The summed E-state index contributed by atoms with van der Waals surface area (Å²) in [7, 11) is 0. The minimum absolute atomic E-state index is 0.0143. The van der Waals surface area contributed by atoms with E-state index in [0.717, 1.165) is 32.5 Å². The molecule has 2 aliphatic rings. The van der Waals surface area contributed by atoms with E-state index in [9.17, 15) is 4.79 Å². The molecule has 1 aromatic rings. The molecule has 114 valence electrons. The van der Waals surface area contributed by atoms with Crippen molar-refractivity contribution in [3.63, 3.8) is 0 Å². The van der Waals surface area contributed by atoms with Crippen molar-refractivity contribution in [1.82, 2.24) is 10.2 Å². The summed E-state index contributed by atoms with van der Waals surface area (Å²) < 4.78 is 5.90. The van der Waals surface area contributed by atoms with Crippen LogP contribution >= 0.6 is 0 Å². The van der Waals surface area contributed by atoms with Gasteiger partial charge in [-0.2, -0.15) is 0 Å². The number of benzene rings is 1. The van der Waals surface area contributed by atoms with Gasteiger partial charge in [0.05, 0.1) is 19.1 Å². The first-order valence-electron chi connectivity index (χ1n) is 7.92. The number of rotatable bonds is 2. The Morgan fingerprint density at radius 2 is 2.24 bits per heavy atom. The minimum Gasteiger partial charge on any atom is -0.370 e. The first-order chi connectivity index (χ1) is 10.3. The number of hydrogen-bond donors (Lipinski definition) is 1. The highest BCUT2D eigenvalue weighted by Crippen LogP contribution is 2.26. The molecule has 2 saturated heterocycles. The second-order valence-electron chi connectivity index (χ2n) is 6.04. The predicted octanol–water partition coefficient (Wildman–Crippen LogP) is 1.89. The van der Waals surface area contributed by atoms with Crippen molar-refractivity contribution in [2.45, 2.75) is 25.9 Å². The van der Waals surface area contributed by atoms with Gasteiger partial charge in [-0.15, -0.1) is 0 Å². The molecule has 2 heterocycles. The van der Waals surface area contributed by atoms with Crippen molar-refractivity contribution in [2.24, 2.45) is 5.92 Å². The topological polar surface area (TPSA) is 41.6 Å². The normalized spacial score (nSPS) is 26.6. The lowest BCUT2D eigenvalue weighted by Gasteiger charge is -2.36. The van der Waals surface area contributed by atoms with Gasteiger partial charge in [-0.05, 0) is 37.4 Å². The first-order valence-corrected chi connectivity index (χ1v) is 7.92. The Kier molecular flexibility index (Phi) is 4.56. The smallest absolute Gasteiger partial charge is 0.227 e. The molecule has 0 saturated carbocycles. The zero-order chi connectivity index (χ0) is 14.7. The summed E-state index contributed by atoms with van der Waals surface area (Å²) in [6.45, 7) is 6.00. The average Bonchev–Trinajstić information content (AvgIpc) is 2.55. The molecule has 0 radical (unpaired) electrons. The number of amides is 1. The van der Waals surface area contributed by atoms with E-state index < -0.39 is 0 Å². The third-order valence-electron chi connectivity index (χ3n) is 4.56. The van der Waals surface area contributed by atoms with Gasteiger partial charge < -0.3 is 15.0 Å². The molecule has 21 heavy (non-hydrogen) atoms. The van der Waals surface area contributed by atoms with Crippen LogP contribution in [0.1, 0.15) is 30.1 Å². The zero-order valence-electron chi connectivity index (χ0n) is 12.7. The number of morpholine rings is 1. The maximum atomic E-state index is 12.6. The summed E-state index contributed by atoms with van der Waals surface area (Å²) >= 11 is 0. The van der Waals surface area contributed by atoms with Crippen LogP contribution in [0.25, 0.3) is 0 Å². The van der Waals surface area contributed by atoms with Gasteiger partial charge in [-0.1, -0.05) is 24.3 Å². The van der Waals surface area contributed by atoms with Crippen LogP contribution in [0.3, 0.4) is 0 Å². The van der Waals surface area contributed by atoms with E-state index in [1.54, 1.807) is 0 Å². The number of aryl methyl sites for hydroxylation is 1. The molecule has 2 fully saturated rings. The van der Waals surface area contributed by atoms with Crippen LogP contribution in [-0.2, 0) is 9.53 Å². The second kappa shape index (κ2) is 6.58. The van der Waals surface area contributed by atoms with E-state index in [1.807, 2.05) is 17.0 Å². The van der Waals surface area contributed by atoms with Gasteiger partial charge in [0.2, 0.25) is 5.91 Å². The third kappa shape index (κ3) is 3.27. The molecule has 1 N–H and O–H groups in total. The van der Waals surface area contributed by atoms with Crippen molar-refractivity contribution >= 4 is 5.91 Å². The quantitative estimate of drug-likeness (QED) is 0.903. The molecular formula is C17H24N2O2. The summed E-state index contributed by atoms with van der Waals surface area (Å²) in [4.78, 5) is 14.6. The fourth-order valence-corrected chi connectivity index (χ4v) is 3.31. The lowest BCUT2D eigenvalue weighted by molar-refractivity contribution is -0.143. The van der Waals surface area contributed by atoms with Crippen LogP contribution in [0, 0.1) is 12.8 Å². The number of ether oxygens (including phenoxy) is 1. The first kappa shape index (κ1) is 14.5. The van der Waals surface area contributed by atoms with Crippen molar-refractivity contribution in [3.8, 4) is 0 Å². The SMILES string of the molecule is Cc1ccccc1[C@H]1CN(C(=O)[C@@H]2CCCNC2)CCO1. The van der Waals surface area contributed by atoms with Gasteiger partial charge in [-0.25, -0.2) is 0 Å². The summed E-state index contributed by atoms with van der Waals surface area (Å²) in [5.74, 6) is 0.443. The fourth-order valence-electron chi connectivity index (χ4n) is 3.31. The van der Waals surface area contributed by atoms with Crippen LogP contribution in [-0.4, -0.2) is 43.6 Å². The Balaban J connectivity index is 1.68. The van der Waals surface area contributed by atoms with Crippen LogP contribution < -0.4 is 5.32 Å². The summed E-state index contributed by atoms with van der Waals surface area (Å²) in [5, 5.41) is 3.33. The highest BCUT2D eigenvalue weighted by molar-refractivity contribution is 5.79. The highest BCUT2D eigenvalue weighted by Gasteiger charge is 2.31. The summed E-state index contributed by atoms with van der Waals surface area (Å²) in [5.41, 5.74) is 2.44. The third-order valence-corrected chi connectivity index (χ3v) is 4.56. The molecular weight excluding hydrogens is 264 g/mol. The predicted molar refractivity (Wildman–Crippen MR) is 82.0 cm³/mol. The van der Waals surface area contributed by atoms with Crippen LogP contribution in [0.2, 0.25) is 0 Å². The molecule has 4 heteroatoms. The molecule has 2 atom stereocenters.